The van der Waals surface area contributed by atoms with Crippen LogP contribution in [0.1, 0.15) is 31.6 Å². The van der Waals surface area contributed by atoms with E-state index in [-0.39, 0.29) is 24.1 Å². The molecule has 2 rings (SSSR count). The van der Waals surface area contributed by atoms with Crippen molar-refractivity contribution in [3.63, 3.8) is 0 Å². The van der Waals surface area contributed by atoms with Gasteiger partial charge in [0.2, 0.25) is 0 Å². The zero-order chi connectivity index (χ0) is 15.1. The van der Waals surface area contributed by atoms with E-state index in [1.54, 1.807) is 13.8 Å². The highest BCUT2D eigenvalue weighted by atomic mass is 16.6. The normalized spacial score (nSPS) is 25.1. The number of methoxy groups -OCH3 is 1. The molecule has 1 N–H and O–H groups in total. The first-order chi connectivity index (χ1) is 9.27. The highest BCUT2D eigenvalue weighted by Crippen LogP contribution is 2.37. The molecule has 0 radical (unpaired) electrons. The van der Waals surface area contributed by atoms with Gasteiger partial charge >= 0.3 is 11.6 Å². The van der Waals surface area contributed by atoms with Crippen LogP contribution in [0, 0.1) is 12.8 Å². The zero-order valence-electron chi connectivity index (χ0n) is 11.9. The fraction of sp³-hybridized carbons (Fsp3) is 0.571. The van der Waals surface area contributed by atoms with Gasteiger partial charge in [-0.2, -0.15) is 0 Å². The van der Waals surface area contributed by atoms with Gasteiger partial charge in [-0.1, -0.05) is 6.92 Å². The lowest BCUT2D eigenvalue weighted by atomic mass is 9.87. The van der Waals surface area contributed by atoms with E-state index in [4.69, 9.17) is 13.9 Å². The summed E-state index contributed by atoms with van der Waals surface area (Å²) in [6.07, 6.45) is -0.529. The monoisotopic (exact) mass is 282 g/mol. The van der Waals surface area contributed by atoms with E-state index in [9.17, 15) is 14.7 Å². The molecule has 0 unspecified atom stereocenters. The second-order valence-electron chi connectivity index (χ2n) is 5.33. The van der Waals surface area contributed by atoms with E-state index in [1.165, 1.54) is 20.1 Å². The van der Waals surface area contributed by atoms with Crippen molar-refractivity contribution in [1.29, 1.82) is 0 Å². The maximum Gasteiger partial charge on any atom is 0.342 e. The third kappa shape index (κ3) is 2.31. The molecule has 2 heterocycles. The summed E-state index contributed by atoms with van der Waals surface area (Å²) in [5.74, 6) is -0.190. The lowest BCUT2D eigenvalue weighted by Crippen LogP contribution is -2.40. The Bertz CT molecular complexity index is 586. The van der Waals surface area contributed by atoms with Crippen LogP contribution < -0.4 is 10.4 Å². The van der Waals surface area contributed by atoms with Crippen molar-refractivity contribution in [3.05, 3.63) is 27.8 Å². The molecule has 1 aromatic rings. The largest absolute Gasteiger partial charge is 0.496 e. The second-order valence-corrected chi connectivity index (χ2v) is 5.33. The molecule has 0 amide bonds. The predicted octanol–water partition coefficient (Wildman–Crippen LogP) is 1.12. The minimum atomic E-state index is -1.59. The summed E-state index contributed by atoms with van der Waals surface area (Å²) in [6, 6.07) is 1.45. The van der Waals surface area contributed by atoms with Gasteiger partial charge in [0, 0.05) is 12.0 Å². The van der Waals surface area contributed by atoms with E-state index in [2.05, 4.69) is 0 Å². The number of carbonyl (C=O) groups excluding carboxylic acids is 1. The van der Waals surface area contributed by atoms with E-state index in [0.717, 1.165) is 0 Å². The number of hydrogen-bond acceptors (Lipinski definition) is 6. The third-order valence-electron chi connectivity index (χ3n) is 3.68. The Labute approximate surface area is 116 Å². The molecule has 3 atom stereocenters. The quantitative estimate of drug-likeness (QED) is 0.836. The Morgan fingerprint density at radius 2 is 2.10 bits per heavy atom. The van der Waals surface area contributed by atoms with Gasteiger partial charge < -0.3 is 19.0 Å². The number of aliphatic hydroxyl groups is 1. The SMILES string of the molecule is COc1cc([C@](C)(O)[C@H]2OC(=O)C[C@H]2C)oc(=O)c1C. The number of ether oxygens (including phenoxy) is 2. The van der Waals surface area contributed by atoms with E-state index >= 15 is 0 Å². The Hall–Kier alpha value is -1.82. The summed E-state index contributed by atoms with van der Waals surface area (Å²) in [6.45, 7) is 4.83. The average molecular weight is 282 g/mol. The van der Waals surface area contributed by atoms with Crippen LogP contribution >= 0.6 is 0 Å². The van der Waals surface area contributed by atoms with Gasteiger partial charge in [0.15, 0.2) is 5.60 Å². The van der Waals surface area contributed by atoms with Crippen molar-refractivity contribution in [2.45, 2.75) is 38.9 Å². The highest BCUT2D eigenvalue weighted by Gasteiger charge is 2.47. The van der Waals surface area contributed by atoms with E-state index in [1.807, 2.05) is 0 Å². The van der Waals surface area contributed by atoms with Crippen molar-refractivity contribution >= 4 is 5.97 Å². The Kier molecular flexibility index (Phi) is 3.60. The maximum absolute atomic E-state index is 11.8. The van der Waals surface area contributed by atoms with Crippen LogP contribution in [0.5, 0.6) is 5.75 Å². The van der Waals surface area contributed by atoms with Gasteiger partial charge in [-0.05, 0) is 13.8 Å². The van der Waals surface area contributed by atoms with Crippen LogP contribution in [0.25, 0.3) is 0 Å². The van der Waals surface area contributed by atoms with Crippen LogP contribution in [0.15, 0.2) is 15.3 Å². The molecule has 1 aliphatic rings. The van der Waals surface area contributed by atoms with Crippen LogP contribution in [0.4, 0.5) is 0 Å². The van der Waals surface area contributed by atoms with Crippen LogP contribution in [-0.2, 0) is 15.1 Å². The van der Waals surface area contributed by atoms with Crippen molar-refractivity contribution < 1.29 is 23.8 Å². The molecule has 1 saturated heterocycles. The number of hydrogen-bond donors (Lipinski definition) is 1. The van der Waals surface area contributed by atoms with Crippen molar-refractivity contribution in [2.24, 2.45) is 5.92 Å². The molecule has 0 aromatic carbocycles. The first-order valence-corrected chi connectivity index (χ1v) is 6.38. The first kappa shape index (κ1) is 14.6. The van der Waals surface area contributed by atoms with Gasteiger partial charge in [0.05, 0.1) is 19.1 Å². The summed E-state index contributed by atoms with van der Waals surface area (Å²) >= 11 is 0. The topological polar surface area (TPSA) is 86.0 Å². The summed E-state index contributed by atoms with van der Waals surface area (Å²) in [4.78, 5) is 23.1. The van der Waals surface area contributed by atoms with Crippen LogP contribution in [-0.4, -0.2) is 24.3 Å². The van der Waals surface area contributed by atoms with Crippen molar-refractivity contribution in [1.82, 2.24) is 0 Å². The lowest BCUT2D eigenvalue weighted by molar-refractivity contribution is -0.156. The summed E-state index contributed by atoms with van der Waals surface area (Å²) in [5, 5.41) is 10.6. The molecular weight excluding hydrogens is 264 g/mol. The molecule has 1 aliphatic heterocycles. The minimum absolute atomic E-state index is 0.0245. The first-order valence-electron chi connectivity index (χ1n) is 6.38. The molecule has 6 heteroatoms. The van der Waals surface area contributed by atoms with Gasteiger partial charge in [0.1, 0.15) is 17.6 Å². The van der Waals surface area contributed by atoms with Crippen LogP contribution in [0.3, 0.4) is 0 Å². The smallest absolute Gasteiger partial charge is 0.342 e. The minimum Gasteiger partial charge on any atom is -0.496 e. The third-order valence-corrected chi connectivity index (χ3v) is 3.68. The Balaban J connectivity index is 2.46. The summed E-state index contributed by atoms with van der Waals surface area (Å²) < 4.78 is 15.4. The standard InChI is InChI=1S/C14H18O6/c1-7-5-11(15)20-12(7)14(3,17)10-6-9(18-4)8(2)13(16)19-10/h6-7,12,17H,5H2,1-4H3/t7-,12+,14+/m1/s1. The predicted molar refractivity (Wildman–Crippen MR) is 69.5 cm³/mol. The molecule has 1 aromatic heterocycles. The number of rotatable bonds is 3. The van der Waals surface area contributed by atoms with Crippen molar-refractivity contribution in [2.75, 3.05) is 7.11 Å². The molecule has 110 valence electrons. The number of esters is 1. The molecule has 0 aliphatic carbocycles. The summed E-state index contributed by atoms with van der Waals surface area (Å²) in [7, 11) is 1.43. The van der Waals surface area contributed by atoms with Gasteiger partial charge in [-0.3, -0.25) is 4.79 Å². The zero-order valence-corrected chi connectivity index (χ0v) is 11.9. The molecular formula is C14H18O6. The fourth-order valence-electron chi connectivity index (χ4n) is 2.48. The Morgan fingerprint density at radius 1 is 1.45 bits per heavy atom. The van der Waals surface area contributed by atoms with Gasteiger partial charge in [-0.15, -0.1) is 0 Å². The second kappa shape index (κ2) is 4.94. The molecule has 0 saturated carbocycles. The van der Waals surface area contributed by atoms with E-state index < -0.39 is 17.3 Å². The molecule has 6 nitrogen and oxygen atoms in total. The molecule has 1 fully saturated rings. The lowest BCUT2D eigenvalue weighted by Gasteiger charge is -2.30. The maximum atomic E-state index is 11.8. The molecule has 0 bridgehead atoms. The average Bonchev–Trinajstić information content (AvgIpc) is 2.72. The Morgan fingerprint density at radius 3 is 2.60 bits per heavy atom. The van der Waals surface area contributed by atoms with Crippen LogP contribution in [0.2, 0.25) is 0 Å². The van der Waals surface area contributed by atoms with E-state index in [0.29, 0.717) is 11.3 Å². The highest BCUT2D eigenvalue weighted by molar-refractivity contribution is 5.72. The van der Waals surface area contributed by atoms with Gasteiger partial charge in [0.25, 0.3) is 0 Å². The molecule has 0 spiro atoms. The number of cyclic esters (lactones) is 1. The van der Waals surface area contributed by atoms with Gasteiger partial charge in [-0.25, -0.2) is 4.79 Å². The van der Waals surface area contributed by atoms with Crippen molar-refractivity contribution in [3.8, 4) is 5.75 Å². The fourth-order valence-corrected chi connectivity index (χ4v) is 2.48. The molecule has 20 heavy (non-hydrogen) atoms. The number of carbonyl (C=O) groups is 1. The summed E-state index contributed by atoms with van der Waals surface area (Å²) in [5.41, 5.74) is -1.86.